The Labute approximate surface area is 184 Å². The molecule has 0 aliphatic carbocycles. The molecule has 0 saturated carbocycles. The quantitative estimate of drug-likeness (QED) is 0.164. The maximum absolute atomic E-state index is 13.5. The molecule has 0 amide bonds. The lowest BCUT2D eigenvalue weighted by Crippen LogP contribution is -2.18. The Balaban J connectivity index is 1.62. The van der Waals surface area contributed by atoms with Crippen molar-refractivity contribution in [2.75, 3.05) is 11.9 Å². The molecule has 2 heterocycles. The number of hydrogen-bond acceptors (Lipinski definition) is 7. The first-order valence-electron chi connectivity index (χ1n) is 8.92. The van der Waals surface area contributed by atoms with E-state index < -0.39 is 17.8 Å². The Morgan fingerprint density at radius 2 is 1.94 bits per heavy atom. The van der Waals surface area contributed by atoms with Gasteiger partial charge in [-0.1, -0.05) is 11.6 Å². The maximum atomic E-state index is 13.5. The zero-order chi connectivity index (χ0) is 23.1. The number of anilines is 1. The minimum absolute atomic E-state index is 0.0148. The van der Waals surface area contributed by atoms with Crippen molar-refractivity contribution in [2.24, 2.45) is 15.9 Å². The predicted octanol–water partition coefficient (Wildman–Crippen LogP) is 5.21. The molecule has 0 saturated heterocycles. The fourth-order valence-corrected chi connectivity index (χ4v) is 2.59. The molecule has 0 aliphatic heterocycles. The summed E-state index contributed by atoms with van der Waals surface area (Å²) in [7, 11) is 0. The molecule has 0 aliphatic rings. The predicted molar refractivity (Wildman–Crippen MR) is 113 cm³/mol. The van der Waals surface area contributed by atoms with Crippen molar-refractivity contribution >= 4 is 34.9 Å². The Morgan fingerprint density at radius 1 is 1.19 bits per heavy atom. The lowest BCUT2D eigenvalue weighted by Gasteiger charge is -2.10. The van der Waals surface area contributed by atoms with Gasteiger partial charge in [-0.15, -0.1) is 0 Å². The van der Waals surface area contributed by atoms with Gasteiger partial charge in [0.2, 0.25) is 0 Å². The zero-order valence-corrected chi connectivity index (χ0v) is 16.9. The van der Waals surface area contributed by atoms with Crippen LogP contribution in [0.2, 0.25) is 5.15 Å². The second kappa shape index (κ2) is 10.1. The van der Waals surface area contributed by atoms with Crippen molar-refractivity contribution < 1.29 is 22.3 Å². The number of hydrazone groups is 1. The standard InChI is InChI=1S/C20H15ClF4N6O/c21-18-9-13(8-17(30-18)20(23,24)25)29-11-14(31-26)10-28-12-3-5-15(6-4-12)32-16-2-1-7-27-19(16)22/h1-10H,11,26H2,(H,29,30)/b28-10?,31-14+. The van der Waals surface area contributed by atoms with Gasteiger partial charge in [0.15, 0.2) is 5.75 Å². The minimum atomic E-state index is -4.63. The first kappa shape index (κ1) is 22.9. The summed E-state index contributed by atoms with van der Waals surface area (Å²) in [6, 6.07) is 11.4. The number of alkyl halides is 3. The lowest BCUT2D eigenvalue weighted by molar-refractivity contribution is -0.141. The highest BCUT2D eigenvalue weighted by Gasteiger charge is 2.33. The molecular weight excluding hydrogens is 452 g/mol. The van der Waals surface area contributed by atoms with Gasteiger partial charge >= 0.3 is 6.18 Å². The summed E-state index contributed by atoms with van der Waals surface area (Å²) in [5, 5.41) is 5.99. The Hall–Kier alpha value is -3.73. The van der Waals surface area contributed by atoms with E-state index in [-0.39, 0.29) is 28.8 Å². The van der Waals surface area contributed by atoms with Gasteiger partial charge in [0.25, 0.3) is 5.95 Å². The minimum Gasteiger partial charge on any atom is -0.453 e. The SMILES string of the molecule is N/N=C(\C=Nc1ccc(Oc2cccnc2F)cc1)CNc1cc(Cl)nc(C(F)(F)F)c1. The largest absolute Gasteiger partial charge is 0.453 e. The summed E-state index contributed by atoms with van der Waals surface area (Å²) in [6.45, 7) is -0.0148. The van der Waals surface area contributed by atoms with Gasteiger partial charge in [-0.05, 0) is 48.5 Å². The van der Waals surface area contributed by atoms with Gasteiger partial charge in [-0.3, -0.25) is 4.99 Å². The van der Waals surface area contributed by atoms with Crippen LogP contribution in [0.25, 0.3) is 0 Å². The summed E-state index contributed by atoms with van der Waals surface area (Å²) >= 11 is 5.65. The van der Waals surface area contributed by atoms with E-state index in [2.05, 4.69) is 25.4 Å². The summed E-state index contributed by atoms with van der Waals surface area (Å²) in [6.07, 6.45) is -1.98. The average Bonchev–Trinajstić information content (AvgIpc) is 2.75. The van der Waals surface area contributed by atoms with Gasteiger partial charge in [0.1, 0.15) is 16.6 Å². The van der Waals surface area contributed by atoms with E-state index in [9.17, 15) is 17.6 Å². The van der Waals surface area contributed by atoms with Gasteiger partial charge in [-0.25, -0.2) is 9.97 Å². The second-order valence-corrected chi connectivity index (χ2v) is 6.57. The molecule has 0 spiro atoms. The number of nitrogens with two attached hydrogens (primary N) is 1. The number of halogens is 5. The van der Waals surface area contributed by atoms with E-state index >= 15 is 0 Å². The number of benzene rings is 1. The molecule has 0 bridgehead atoms. The topological polar surface area (TPSA) is 97.8 Å². The van der Waals surface area contributed by atoms with E-state index in [1.54, 1.807) is 30.3 Å². The third kappa shape index (κ3) is 6.38. The fraction of sp³-hybridized carbons (Fsp3) is 0.100. The van der Waals surface area contributed by atoms with E-state index in [0.29, 0.717) is 11.4 Å². The molecule has 3 N–H and O–H groups in total. The van der Waals surface area contributed by atoms with E-state index in [1.165, 1.54) is 24.5 Å². The van der Waals surface area contributed by atoms with Crippen molar-refractivity contribution in [1.29, 1.82) is 0 Å². The van der Waals surface area contributed by atoms with Crippen LogP contribution in [0, 0.1) is 5.95 Å². The van der Waals surface area contributed by atoms with Crippen LogP contribution in [0.15, 0.2) is 64.8 Å². The Bertz CT molecular complexity index is 1140. The van der Waals surface area contributed by atoms with Crippen LogP contribution in [0.3, 0.4) is 0 Å². The highest BCUT2D eigenvalue weighted by Crippen LogP contribution is 2.30. The van der Waals surface area contributed by atoms with Crippen molar-refractivity contribution in [1.82, 2.24) is 9.97 Å². The van der Waals surface area contributed by atoms with Crippen LogP contribution in [0.4, 0.5) is 28.9 Å². The molecule has 1 aromatic carbocycles. The monoisotopic (exact) mass is 466 g/mol. The molecule has 7 nitrogen and oxygen atoms in total. The summed E-state index contributed by atoms with van der Waals surface area (Å²) in [5.41, 5.74) is -0.266. The third-order valence-electron chi connectivity index (χ3n) is 3.88. The van der Waals surface area contributed by atoms with Crippen LogP contribution >= 0.6 is 11.6 Å². The Kier molecular flexibility index (Phi) is 7.21. The zero-order valence-electron chi connectivity index (χ0n) is 16.1. The van der Waals surface area contributed by atoms with Gasteiger partial charge in [-0.2, -0.15) is 22.7 Å². The number of ether oxygens (including phenoxy) is 1. The van der Waals surface area contributed by atoms with Gasteiger partial charge < -0.3 is 15.9 Å². The van der Waals surface area contributed by atoms with Gasteiger partial charge in [0.05, 0.1) is 24.2 Å². The molecule has 166 valence electrons. The molecule has 0 fully saturated rings. The number of aliphatic imine (C=N–C) groups is 1. The van der Waals surface area contributed by atoms with Crippen LogP contribution in [0.1, 0.15) is 5.69 Å². The number of nitrogens with zero attached hydrogens (tertiary/aromatic N) is 4. The molecule has 0 unspecified atom stereocenters. The van der Waals surface area contributed by atoms with Crippen LogP contribution in [0.5, 0.6) is 11.5 Å². The van der Waals surface area contributed by atoms with Crippen molar-refractivity contribution in [3.63, 3.8) is 0 Å². The number of hydrogen-bond donors (Lipinski definition) is 2. The van der Waals surface area contributed by atoms with Crippen molar-refractivity contribution in [3.8, 4) is 11.5 Å². The molecule has 12 heteroatoms. The number of rotatable bonds is 7. The molecule has 32 heavy (non-hydrogen) atoms. The first-order chi connectivity index (χ1) is 15.2. The highest BCUT2D eigenvalue weighted by atomic mass is 35.5. The van der Waals surface area contributed by atoms with Crippen molar-refractivity contribution in [3.05, 3.63) is 71.5 Å². The Morgan fingerprint density at radius 3 is 2.59 bits per heavy atom. The molecule has 3 rings (SSSR count). The second-order valence-electron chi connectivity index (χ2n) is 6.18. The molecule has 0 radical (unpaired) electrons. The average molecular weight is 467 g/mol. The van der Waals surface area contributed by atoms with E-state index in [0.717, 1.165) is 6.07 Å². The first-order valence-corrected chi connectivity index (χ1v) is 9.30. The summed E-state index contributed by atoms with van der Waals surface area (Å²) in [5.74, 6) is 4.96. The van der Waals surface area contributed by atoms with E-state index in [4.69, 9.17) is 22.2 Å². The summed E-state index contributed by atoms with van der Waals surface area (Å²) < 4.78 is 57.5. The van der Waals surface area contributed by atoms with Crippen LogP contribution < -0.4 is 15.9 Å². The highest BCUT2D eigenvalue weighted by molar-refractivity contribution is 6.32. The van der Waals surface area contributed by atoms with E-state index in [1.807, 2.05) is 0 Å². The number of nitrogens with one attached hydrogen (secondary N) is 1. The number of pyridine rings is 2. The van der Waals surface area contributed by atoms with Crippen LogP contribution in [-0.2, 0) is 6.18 Å². The molecule has 2 aromatic heterocycles. The maximum Gasteiger partial charge on any atom is 0.433 e. The van der Waals surface area contributed by atoms with Gasteiger partial charge in [0, 0.05) is 11.9 Å². The molecular formula is C20H15ClF4N6O. The third-order valence-corrected chi connectivity index (χ3v) is 4.07. The summed E-state index contributed by atoms with van der Waals surface area (Å²) in [4.78, 5) is 10.9. The smallest absolute Gasteiger partial charge is 0.433 e. The van der Waals surface area contributed by atoms with Crippen molar-refractivity contribution in [2.45, 2.75) is 6.18 Å². The number of aromatic nitrogens is 2. The lowest BCUT2D eigenvalue weighted by atomic mass is 10.3. The van der Waals surface area contributed by atoms with Crippen LogP contribution in [-0.4, -0.2) is 28.4 Å². The normalized spacial score (nSPS) is 12.2. The molecule has 0 atom stereocenters. The fourth-order valence-electron chi connectivity index (χ4n) is 2.39. The molecule has 3 aromatic rings.